The van der Waals surface area contributed by atoms with Gasteiger partial charge in [-0.25, -0.2) is 0 Å². The van der Waals surface area contributed by atoms with E-state index in [-0.39, 0.29) is 12.6 Å². The van der Waals surface area contributed by atoms with E-state index in [0.29, 0.717) is 23.2 Å². The molecular formula is C21H22N2O4S. The molecule has 0 spiro atoms. The van der Waals surface area contributed by atoms with Crippen LogP contribution in [0.4, 0.5) is 0 Å². The number of benzene rings is 2. The molecule has 2 aromatic carbocycles. The van der Waals surface area contributed by atoms with Crippen LogP contribution < -0.4 is 20.1 Å². The van der Waals surface area contributed by atoms with Gasteiger partial charge < -0.3 is 24.8 Å². The quantitative estimate of drug-likeness (QED) is 0.593. The summed E-state index contributed by atoms with van der Waals surface area (Å²) in [6.07, 6.45) is 0. The molecular weight excluding hydrogens is 376 g/mol. The van der Waals surface area contributed by atoms with E-state index in [1.807, 2.05) is 55.5 Å². The topological polar surface area (TPSA) is 68.8 Å². The van der Waals surface area contributed by atoms with E-state index >= 15 is 0 Å². The molecule has 2 N–H and O–H groups in total. The number of fused-ring (bicyclic) bond motifs is 4. The number of para-hydroxylation sites is 1. The number of nitrogens with one attached hydrogen (secondary N) is 2. The Morgan fingerprint density at radius 3 is 2.64 bits per heavy atom. The molecule has 3 atom stereocenters. The Kier molecular flexibility index (Phi) is 4.85. The van der Waals surface area contributed by atoms with E-state index in [0.717, 1.165) is 11.1 Å². The minimum atomic E-state index is -1.19. The summed E-state index contributed by atoms with van der Waals surface area (Å²) in [4.78, 5) is 13.1. The minimum absolute atomic E-state index is 0.281. The van der Waals surface area contributed by atoms with Gasteiger partial charge in [0.25, 0.3) is 0 Å². The van der Waals surface area contributed by atoms with Crippen LogP contribution >= 0.6 is 12.2 Å². The van der Waals surface area contributed by atoms with Crippen LogP contribution in [-0.2, 0) is 15.3 Å². The first-order valence-electron chi connectivity index (χ1n) is 9.36. The largest absolute Gasteiger partial charge is 0.490 e. The summed E-state index contributed by atoms with van der Waals surface area (Å²) in [7, 11) is 0. The molecule has 7 heteroatoms. The van der Waals surface area contributed by atoms with Gasteiger partial charge in [0.2, 0.25) is 5.72 Å². The number of rotatable bonds is 5. The lowest BCUT2D eigenvalue weighted by atomic mass is 9.76. The van der Waals surface area contributed by atoms with Crippen molar-refractivity contribution >= 4 is 23.3 Å². The molecule has 1 saturated heterocycles. The third-order valence-corrected chi connectivity index (χ3v) is 5.23. The summed E-state index contributed by atoms with van der Waals surface area (Å²) in [5.41, 5.74) is 0.416. The highest BCUT2D eigenvalue weighted by Crippen LogP contribution is 2.52. The third-order valence-electron chi connectivity index (χ3n) is 5.01. The summed E-state index contributed by atoms with van der Waals surface area (Å²) < 4.78 is 17.8. The monoisotopic (exact) mass is 398 g/mol. The lowest BCUT2D eigenvalue weighted by Crippen LogP contribution is -2.69. The SMILES string of the molecule is CCOC(=O)[C@@H]1[C@@H]2NC(=S)N[C@@]1(c1ccccc1)Oc1c(OCC)cccc12. The molecule has 146 valence electrons. The zero-order valence-corrected chi connectivity index (χ0v) is 16.5. The van der Waals surface area contributed by atoms with E-state index in [1.165, 1.54) is 0 Å². The molecule has 1 fully saturated rings. The van der Waals surface area contributed by atoms with Gasteiger partial charge >= 0.3 is 5.97 Å². The van der Waals surface area contributed by atoms with Gasteiger partial charge in [0.1, 0.15) is 5.92 Å². The van der Waals surface area contributed by atoms with E-state index in [4.69, 9.17) is 26.4 Å². The van der Waals surface area contributed by atoms with Crippen molar-refractivity contribution in [1.82, 2.24) is 10.6 Å². The van der Waals surface area contributed by atoms with Crippen molar-refractivity contribution in [3.63, 3.8) is 0 Å². The zero-order valence-electron chi connectivity index (χ0n) is 15.7. The molecule has 6 nitrogen and oxygen atoms in total. The molecule has 0 aromatic heterocycles. The van der Waals surface area contributed by atoms with Gasteiger partial charge in [0.05, 0.1) is 19.3 Å². The average Bonchev–Trinajstić information content (AvgIpc) is 2.69. The maximum absolute atomic E-state index is 13.1. The summed E-state index contributed by atoms with van der Waals surface area (Å²) in [5, 5.41) is 6.88. The van der Waals surface area contributed by atoms with Crippen molar-refractivity contribution in [2.45, 2.75) is 25.6 Å². The Morgan fingerprint density at radius 2 is 1.93 bits per heavy atom. The maximum atomic E-state index is 13.1. The first-order chi connectivity index (χ1) is 13.6. The second-order valence-electron chi connectivity index (χ2n) is 6.62. The van der Waals surface area contributed by atoms with Gasteiger partial charge in [0.15, 0.2) is 16.6 Å². The first-order valence-corrected chi connectivity index (χ1v) is 9.77. The molecule has 0 aliphatic carbocycles. The number of esters is 1. The summed E-state index contributed by atoms with van der Waals surface area (Å²) in [6, 6.07) is 14.8. The van der Waals surface area contributed by atoms with E-state index < -0.39 is 17.7 Å². The fourth-order valence-corrected chi connectivity index (χ4v) is 4.21. The summed E-state index contributed by atoms with van der Waals surface area (Å²) in [5.74, 6) is 0.197. The number of hydrogen-bond acceptors (Lipinski definition) is 5. The highest BCUT2D eigenvalue weighted by atomic mass is 32.1. The van der Waals surface area contributed by atoms with Gasteiger partial charge in [-0.15, -0.1) is 0 Å². The van der Waals surface area contributed by atoms with Crippen molar-refractivity contribution in [3.8, 4) is 11.5 Å². The Labute approximate surface area is 169 Å². The van der Waals surface area contributed by atoms with E-state index in [1.54, 1.807) is 6.92 Å². The van der Waals surface area contributed by atoms with Gasteiger partial charge in [-0.3, -0.25) is 4.79 Å². The molecule has 0 radical (unpaired) electrons. The van der Waals surface area contributed by atoms with Crippen LogP contribution in [-0.4, -0.2) is 24.3 Å². The highest BCUT2D eigenvalue weighted by molar-refractivity contribution is 7.80. The highest BCUT2D eigenvalue weighted by Gasteiger charge is 2.59. The van der Waals surface area contributed by atoms with Crippen molar-refractivity contribution in [3.05, 3.63) is 59.7 Å². The second kappa shape index (κ2) is 7.31. The molecule has 0 amide bonds. The normalized spacial score (nSPS) is 24.9. The number of ether oxygens (including phenoxy) is 3. The zero-order chi connectivity index (χ0) is 19.7. The van der Waals surface area contributed by atoms with Crippen LogP contribution in [0.1, 0.15) is 31.0 Å². The Hall–Kier alpha value is -2.80. The number of hydrogen-bond donors (Lipinski definition) is 2. The predicted molar refractivity (Wildman–Crippen MR) is 108 cm³/mol. The summed E-state index contributed by atoms with van der Waals surface area (Å²) in [6.45, 7) is 4.49. The van der Waals surface area contributed by atoms with Crippen LogP contribution in [0.25, 0.3) is 0 Å². The van der Waals surface area contributed by atoms with Crippen LogP contribution in [0.5, 0.6) is 11.5 Å². The molecule has 2 aliphatic rings. The lowest BCUT2D eigenvalue weighted by molar-refractivity contribution is -0.165. The van der Waals surface area contributed by atoms with Crippen LogP contribution in [0.15, 0.2) is 48.5 Å². The van der Waals surface area contributed by atoms with Crippen LogP contribution in [0.3, 0.4) is 0 Å². The van der Waals surface area contributed by atoms with Crippen LogP contribution in [0.2, 0.25) is 0 Å². The van der Waals surface area contributed by atoms with E-state index in [9.17, 15) is 4.79 Å². The molecule has 2 bridgehead atoms. The molecule has 2 aliphatic heterocycles. The predicted octanol–water partition coefficient (Wildman–Crippen LogP) is 3.03. The van der Waals surface area contributed by atoms with Gasteiger partial charge in [0, 0.05) is 11.1 Å². The second-order valence-corrected chi connectivity index (χ2v) is 7.03. The maximum Gasteiger partial charge on any atom is 0.317 e. The van der Waals surface area contributed by atoms with Gasteiger partial charge in [-0.2, -0.15) is 0 Å². The van der Waals surface area contributed by atoms with Crippen molar-refractivity contribution < 1.29 is 19.0 Å². The minimum Gasteiger partial charge on any atom is -0.490 e. The molecule has 28 heavy (non-hydrogen) atoms. The van der Waals surface area contributed by atoms with Crippen molar-refractivity contribution in [2.24, 2.45) is 5.92 Å². The Balaban J connectivity index is 1.95. The Morgan fingerprint density at radius 1 is 1.14 bits per heavy atom. The Bertz CT molecular complexity index is 905. The van der Waals surface area contributed by atoms with Gasteiger partial charge in [-0.05, 0) is 32.1 Å². The molecule has 4 rings (SSSR count). The number of carbonyl (C=O) groups is 1. The average molecular weight is 398 g/mol. The van der Waals surface area contributed by atoms with E-state index in [2.05, 4.69) is 10.6 Å². The fourth-order valence-electron chi connectivity index (χ4n) is 3.94. The number of carbonyl (C=O) groups excluding carboxylic acids is 1. The van der Waals surface area contributed by atoms with Crippen molar-refractivity contribution in [2.75, 3.05) is 13.2 Å². The standard InChI is InChI=1S/C21H22N2O4S/c1-3-25-15-12-8-11-14-17-16(19(24)26-4-2)21(27-18(14)15,23-20(28)22-17)13-9-6-5-7-10-13/h5-12,16-17H,3-4H2,1-2H3,(H2,22,23,28)/t16-,17+,21-/m0/s1. The molecule has 0 unspecified atom stereocenters. The number of thiocarbonyl (C=S) groups is 1. The smallest absolute Gasteiger partial charge is 0.317 e. The fraction of sp³-hybridized carbons (Fsp3) is 0.333. The molecule has 2 heterocycles. The third kappa shape index (κ3) is 2.86. The van der Waals surface area contributed by atoms with Gasteiger partial charge in [-0.1, -0.05) is 42.5 Å². The molecule has 0 saturated carbocycles. The molecule has 2 aromatic rings. The van der Waals surface area contributed by atoms with Crippen molar-refractivity contribution in [1.29, 1.82) is 0 Å². The van der Waals surface area contributed by atoms with Crippen LogP contribution in [0, 0.1) is 5.92 Å². The summed E-state index contributed by atoms with van der Waals surface area (Å²) >= 11 is 5.46. The lowest BCUT2D eigenvalue weighted by Gasteiger charge is -2.52. The first kappa shape index (κ1) is 18.6.